The van der Waals surface area contributed by atoms with Crippen molar-refractivity contribution in [2.45, 2.75) is 20.3 Å². The van der Waals surface area contributed by atoms with Crippen LogP contribution in [0.1, 0.15) is 20.3 Å². The molecule has 1 aromatic carbocycles. The summed E-state index contributed by atoms with van der Waals surface area (Å²) in [5.74, 6) is 0.541. The predicted molar refractivity (Wildman–Crippen MR) is 156 cm³/mol. The van der Waals surface area contributed by atoms with E-state index in [0.717, 1.165) is 83.0 Å². The number of H-pyrrole nitrogens is 2. The standard InChI is InChI=1S/C30H34N8/c1-19(2)12-20(3)33-23-13-21(16-31-18-23)22-14-25-29(35-36-30(25)32-17-22)27-15-24-26(34-27)6-5-7-28(24)38-10-8-37(4)9-11-38/h5-7,13-19,33-34H,3,8-12H2,1-2,4H3,(H,32,35,36). The summed E-state index contributed by atoms with van der Waals surface area (Å²) in [7, 11) is 2.18. The van der Waals surface area contributed by atoms with Crippen molar-refractivity contribution in [3.63, 3.8) is 0 Å². The average Bonchev–Trinajstić information content (AvgIpc) is 3.52. The Morgan fingerprint density at radius 3 is 2.66 bits per heavy atom. The molecule has 6 rings (SSSR count). The molecule has 8 nitrogen and oxygen atoms in total. The number of fused-ring (bicyclic) bond motifs is 2. The summed E-state index contributed by atoms with van der Waals surface area (Å²) in [6.07, 6.45) is 6.47. The molecule has 194 valence electrons. The maximum Gasteiger partial charge on any atom is 0.155 e. The lowest BCUT2D eigenvalue weighted by atomic mass is 10.1. The van der Waals surface area contributed by atoms with E-state index in [2.05, 4.69) is 104 Å². The third-order valence-corrected chi connectivity index (χ3v) is 7.20. The number of pyridine rings is 2. The monoisotopic (exact) mass is 506 g/mol. The van der Waals surface area contributed by atoms with Crippen molar-refractivity contribution in [3.05, 3.63) is 67.3 Å². The van der Waals surface area contributed by atoms with E-state index in [1.807, 2.05) is 18.6 Å². The quantitative estimate of drug-likeness (QED) is 0.255. The topological polar surface area (TPSA) is 88.8 Å². The second kappa shape index (κ2) is 9.95. The van der Waals surface area contributed by atoms with E-state index in [-0.39, 0.29) is 0 Å². The number of nitrogens with zero attached hydrogens (tertiary/aromatic N) is 5. The van der Waals surface area contributed by atoms with Gasteiger partial charge in [-0.2, -0.15) is 5.10 Å². The number of likely N-dealkylation sites (N-methyl/N-ethyl adjacent to an activating group) is 1. The van der Waals surface area contributed by atoms with Crippen molar-refractivity contribution in [2.75, 3.05) is 43.4 Å². The van der Waals surface area contributed by atoms with Crippen LogP contribution in [0.5, 0.6) is 0 Å². The van der Waals surface area contributed by atoms with Crippen LogP contribution in [0.4, 0.5) is 11.4 Å². The van der Waals surface area contributed by atoms with Crippen molar-refractivity contribution >= 4 is 33.3 Å². The zero-order chi connectivity index (χ0) is 26.2. The number of nitrogens with one attached hydrogen (secondary N) is 3. The Labute approximate surface area is 222 Å². The minimum atomic E-state index is 0.541. The number of hydrogen-bond acceptors (Lipinski definition) is 6. The first-order valence-corrected chi connectivity index (χ1v) is 13.2. The normalized spacial score (nSPS) is 14.6. The highest BCUT2D eigenvalue weighted by atomic mass is 15.2. The lowest BCUT2D eigenvalue weighted by molar-refractivity contribution is 0.313. The fraction of sp³-hybridized carbons (Fsp3) is 0.300. The second-order valence-electron chi connectivity index (χ2n) is 10.7. The smallest absolute Gasteiger partial charge is 0.155 e. The summed E-state index contributed by atoms with van der Waals surface area (Å²) in [6.45, 7) is 12.7. The van der Waals surface area contributed by atoms with Gasteiger partial charge in [-0.15, -0.1) is 0 Å². The van der Waals surface area contributed by atoms with Gasteiger partial charge in [-0.1, -0.05) is 26.5 Å². The molecule has 0 bridgehead atoms. The summed E-state index contributed by atoms with van der Waals surface area (Å²) in [6, 6.07) is 12.9. The molecule has 1 fully saturated rings. The van der Waals surface area contributed by atoms with Gasteiger partial charge in [0.1, 0.15) is 5.69 Å². The van der Waals surface area contributed by atoms with Gasteiger partial charge in [-0.25, -0.2) is 4.98 Å². The van der Waals surface area contributed by atoms with Gasteiger partial charge in [0.25, 0.3) is 0 Å². The summed E-state index contributed by atoms with van der Waals surface area (Å²) in [5.41, 5.74) is 8.87. The van der Waals surface area contributed by atoms with Gasteiger partial charge in [0, 0.05) is 77.4 Å². The number of aromatic nitrogens is 5. The van der Waals surface area contributed by atoms with Gasteiger partial charge < -0.3 is 20.1 Å². The minimum absolute atomic E-state index is 0.541. The number of anilines is 2. The van der Waals surface area contributed by atoms with E-state index in [0.29, 0.717) is 5.92 Å². The maximum absolute atomic E-state index is 4.68. The molecule has 5 aromatic rings. The van der Waals surface area contributed by atoms with Crippen LogP contribution < -0.4 is 10.2 Å². The lowest BCUT2D eigenvalue weighted by Crippen LogP contribution is -2.44. The van der Waals surface area contributed by atoms with Crippen LogP contribution in [0.2, 0.25) is 0 Å². The van der Waals surface area contributed by atoms with Gasteiger partial charge in [-0.3, -0.25) is 10.1 Å². The lowest BCUT2D eigenvalue weighted by Gasteiger charge is -2.34. The van der Waals surface area contributed by atoms with Crippen LogP contribution in [0.3, 0.4) is 0 Å². The van der Waals surface area contributed by atoms with Crippen LogP contribution in [0, 0.1) is 5.92 Å². The van der Waals surface area contributed by atoms with E-state index in [4.69, 9.17) is 0 Å². The van der Waals surface area contributed by atoms with Crippen LogP contribution in [0.25, 0.3) is 44.5 Å². The second-order valence-corrected chi connectivity index (χ2v) is 10.7. The van der Waals surface area contributed by atoms with E-state index in [1.165, 1.54) is 11.1 Å². The molecule has 0 spiro atoms. The molecule has 0 unspecified atom stereocenters. The van der Waals surface area contributed by atoms with Crippen LogP contribution >= 0.6 is 0 Å². The molecule has 3 N–H and O–H groups in total. The van der Waals surface area contributed by atoms with Crippen molar-refractivity contribution in [2.24, 2.45) is 5.92 Å². The largest absolute Gasteiger partial charge is 0.368 e. The molecule has 0 amide bonds. The Balaban J connectivity index is 1.34. The first-order chi connectivity index (χ1) is 18.4. The first-order valence-electron chi connectivity index (χ1n) is 13.2. The number of allylic oxidation sites excluding steroid dienone is 1. The third-order valence-electron chi connectivity index (χ3n) is 7.20. The molecule has 5 heterocycles. The molecule has 38 heavy (non-hydrogen) atoms. The van der Waals surface area contributed by atoms with Crippen molar-refractivity contribution in [1.29, 1.82) is 0 Å². The molecule has 0 saturated carbocycles. The highest BCUT2D eigenvalue weighted by Gasteiger charge is 2.19. The highest BCUT2D eigenvalue weighted by molar-refractivity contribution is 6.00. The van der Waals surface area contributed by atoms with Crippen molar-refractivity contribution in [1.82, 2.24) is 30.0 Å². The van der Waals surface area contributed by atoms with Gasteiger partial charge in [0.15, 0.2) is 5.65 Å². The predicted octanol–water partition coefficient (Wildman–Crippen LogP) is 5.89. The van der Waals surface area contributed by atoms with Crippen LogP contribution in [0.15, 0.2) is 67.3 Å². The number of aromatic amines is 2. The third kappa shape index (κ3) is 4.75. The fourth-order valence-electron chi connectivity index (χ4n) is 5.27. The number of hydrogen-bond donors (Lipinski definition) is 3. The average molecular weight is 507 g/mol. The van der Waals surface area contributed by atoms with Crippen molar-refractivity contribution in [3.8, 4) is 22.5 Å². The molecule has 0 atom stereocenters. The van der Waals surface area contributed by atoms with Gasteiger partial charge in [0.05, 0.1) is 17.6 Å². The van der Waals surface area contributed by atoms with E-state index >= 15 is 0 Å². The molecular formula is C30H34N8. The highest BCUT2D eigenvalue weighted by Crippen LogP contribution is 2.34. The minimum Gasteiger partial charge on any atom is -0.368 e. The van der Waals surface area contributed by atoms with E-state index in [1.54, 1.807) is 0 Å². The summed E-state index contributed by atoms with van der Waals surface area (Å²) < 4.78 is 0. The molecular weight excluding hydrogens is 472 g/mol. The molecule has 8 heteroatoms. The molecule has 1 aliphatic rings. The Bertz CT molecular complexity index is 1600. The van der Waals surface area contributed by atoms with Crippen LogP contribution in [-0.2, 0) is 0 Å². The number of piperazine rings is 1. The zero-order valence-electron chi connectivity index (χ0n) is 22.3. The zero-order valence-corrected chi connectivity index (χ0v) is 22.3. The molecule has 0 aliphatic carbocycles. The fourth-order valence-corrected chi connectivity index (χ4v) is 5.27. The number of benzene rings is 1. The van der Waals surface area contributed by atoms with Crippen LogP contribution in [-0.4, -0.2) is 63.3 Å². The molecule has 0 radical (unpaired) electrons. The summed E-state index contributed by atoms with van der Waals surface area (Å²) >= 11 is 0. The Morgan fingerprint density at radius 1 is 1.03 bits per heavy atom. The van der Waals surface area contributed by atoms with Gasteiger partial charge >= 0.3 is 0 Å². The Hall–Kier alpha value is -4.17. The first kappa shape index (κ1) is 24.2. The SMILES string of the molecule is C=C(CC(C)C)Nc1cncc(-c2cnc3[nH]nc(-c4cc5c(N6CCN(C)CC6)cccc5[nH]4)c3c2)c1. The molecule has 4 aromatic heterocycles. The van der Waals surface area contributed by atoms with Gasteiger partial charge in [0.2, 0.25) is 0 Å². The molecule has 1 aliphatic heterocycles. The van der Waals surface area contributed by atoms with E-state index in [9.17, 15) is 0 Å². The van der Waals surface area contributed by atoms with Crippen molar-refractivity contribution < 1.29 is 0 Å². The summed E-state index contributed by atoms with van der Waals surface area (Å²) in [5, 5.41) is 13.3. The molecule has 1 saturated heterocycles. The Morgan fingerprint density at radius 2 is 1.84 bits per heavy atom. The van der Waals surface area contributed by atoms with Gasteiger partial charge in [-0.05, 0) is 49.7 Å². The van der Waals surface area contributed by atoms with E-state index < -0.39 is 0 Å². The summed E-state index contributed by atoms with van der Waals surface area (Å²) in [4.78, 5) is 17.6. The Kier molecular flexibility index (Phi) is 6.33. The number of rotatable bonds is 7. The maximum atomic E-state index is 4.68.